The zero-order valence-corrected chi connectivity index (χ0v) is 29.2. The molecule has 2 heterocycles. The van der Waals surface area contributed by atoms with Gasteiger partial charge in [0.15, 0.2) is 11.6 Å². The van der Waals surface area contributed by atoms with Gasteiger partial charge in [-0.15, -0.1) is 21.6 Å². The molecule has 11 heteroatoms. The van der Waals surface area contributed by atoms with Crippen LogP contribution in [0.4, 0.5) is 16.5 Å². The van der Waals surface area contributed by atoms with E-state index in [1.54, 1.807) is 54.6 Å². The van der Waals surface area contributed by atoms with Crippen LogP contribution in [0.2, 0.25) is 0 Å². The van der Waals surface area contributed by atoms with E-state index in [2.05, 4.69) is 40.9 Å². The third kappa shape index (κ3) is 7.68. The van der Waals surface area contributed by atoms with Crippen molar-refractivity contribution in [1.29, 1.82) is 0 Å². The van der Waals surface area contributed by atoms with Crippen LogP contribution in [0.15, 0.2) is 94.7 Å². The lowest BCUT2D eigenvalue weighted by Crippen LogP contribution is -2.26. The summed E-state index contributed by atoms with van der Waals surface area (Å²) in [5.74, 6) is -1.99. The number of esters is 1. The van der Waals surface area contributed by atoms with E-state index in [0.717, 1.165) is 48.4 Å². The lowest BCUT2D eigenvalue weighted by atomic mass is 9.93. The molecule has 0 amide bonds. The molecule has 2 aromatic heterocycles. The van der Waals surface area contributed by atoms with Crippen LogP contribution in [-0.4, -0.2) is 42.2 Å². The number of carbonyl (C=O) groups excluding carboxylic acids is 3. The van der Waals surface area contributed by atoms with Gasteiger partial charge in [0.1, 0.15) is 22.2 Å². The predicted octanol–water partition coefficient (Wildman–Crippen LogP) is 9.87. The quantitative estimate of drug-likeness (QED) is 0.0284. The molecular weight excluding hydrogens is 657 g/mol. The Balaban J connectivity index is 1.23. The van der Waals surface area contributed by atoms with Gasteiger partial charge in [-0.1, -0.05) is 55.4 Å². The van der Waals surface area contributed by atoms with Gasteiger partial charge in [0.25, 0.3) is 0 Å². The highest BCUT2D eigenvalue weighted by Gasteiger charge is 2.43. The van der Waals surface area contributed by atoms with Crippen LogP contribution in [0.1, 0.15) is 65.6 Å². The summed E-state index contributed by atoms with van der Waals surface area (Å²) in [5, 5.41) is 9.20. The van der Waals surface area contributed by atoms with Gasteiger partial charge in [-0.25, -0.2) is 9.78 Å². The molecule has 0 aliphatic heterocycles. The van der Waals surface area contributed by atoms with Gasteiger partial charge >= 0.3 is 5.97 Å². The Labute approximate surface area is 292 Å². The number of aromatic nitrogens is 1. The van der Waals surface area contributed by atoms with Crippen molar-refractivity contribution in [3.05, 3.63) is 100 Å². The topological polar surface area (TPSA) is 111 Å². The fourth-order valence-corrected chi connectivity index (χ4v) is 7.62. The van der Waals surface area contributed by atoms with Gasteiger partial charge in [0, 0.05) is 34.8 Å². The molecule has 250 valence electrons. The smallest absolute Gasteiger partial charge is 0.340 e. The normalized spacial score (nSPS) is 13.4. The van der Waals surface area contributed by atoms with Crippen molar-refractivity contribution in [2.45, 2.75) is 40.0 Å². The van der Waals surface area contributed by atoms with Crippen LogP contribution in [-0.2, 0) is 4.79 Å². The minimum atomic E-state index is -1.31. The van der Waals surface area contributed by atoms with E-state index in [9.17, 15) is 14.4 Å². The molecule has 0 radical (unpaired) electrons. The molecule has 6 rings (SSSR count). The van der Waals surface area contributed by atoms with E-state index < -0.39 is 23.5 Å². The number of benzene rings is 3. The molecule has 0 fully saturated rings. The van der Waals surface area contributed by atoms with Gasteiger partial charge in [-0.05, 0) is 80.9 Å². The zero-order valence-electron chi connectivity index (χ0n) is 27.5. The summed E-state index contributed by atoms with van der Waals surface area (Å²) >= 11 is 2.69. The number of hydrogen-bond acceptors (Lipinski definition) is 11. The second kappa shape index (κ2) is 15.5. The number of ether oxygens (including phenoxy) is 2. The Kier molecular flexibility index (Phi) is 10.7. The SMILES string of the molecule is CCCCCOc1ccc(OC(=O)/C(=C/c2cc3sc(N=Nc4ccc(N(CC)CC)cc4)nc3s2)C2C(=O)c3ccccc3C2=O)cc1. The van der Waals surface area contributed by atoms with Gasteiger partial charge in [-0.2, -0.15) is 0 Å². The molecule has 0 bridgehead atoms. The zero-order chi connectivity index (χ0) is 34.3. The average Bonchev–Trinajstić information content (AvgIpc) is 3.76. The summed E-state index contributed by atoms with van der Waals surface area (Å²) in [6.07, 6.45) is 4.72. The number of carbonyl (C=O) groups is 3. The number of ketones is 2. The van der Waals surface area contributed by atoms with Crippen molar-refractivity contribution in [2.24, 2.45) is 16.1 Å². The third-order valence-corrected chi connectivity index (χ3v) is 10.2. The number of anilines is 1. The second-order valence-corrected chi connectivity index (χ2v) is 13.5. The molecular formula is C38H36N4O5S2. The molecule has 0 spiro atoms. The van der Waals surface area contributed by atoms with E-state index in [0.29, 0.717) is 38.3 Å². The first-order valence-corrected chi connectivity index (χ1v) is 18.0. The number of thiophene rings is 1. The number of unbranched alkanes of at least 4 members (excludes halogenated alkanes) is 2. The number of hydrogen-bond donors (Lipinski definition) is 0. The number of nitrogens with zero attached hydrogens (tertiary/aromatic N) is 4. The fraction of sp³-hybridized carbons (Fsp3) is 0.263. The van der Waals surface area contributed by atoms with Crippen LogP contribution in [0, 0.1) is 5.92 Å². The highest BCUT2D eigenvalue weighted by molar-refractivity contribution is 7.29. The van der Waals surface area contributed by atoms with Gasteiger partial charge in [0.05, 0.1) is 22.6 Å². The number of thiazole rings is 1. The van der Waals surface area contributed by atoms with Crippen molar-refractivity contribution in [3.63, 3.8) is 0 Å². The van der Waals surface area contributed by atoms with Crippen LogP contribution >= 0.6 is 22.7 Å². The van der Waals surface area contributed by atoms with Crippen LogP contribution in [0.3, 0.4) is 0 Å². The maximum Gasteiger partial charge on any atom is 0.340 e. The first-order chi connectivity index (χ1) is 23.9. The molecule has 0 saturated carbocycles. The summed E-state index contributed by atoms with van der Waals surface area (Å²) in [7, 11) is 0. The van der Waals surface area contributed by atoms with E-state index in [-0.39, 0.29) is 11.3 Å². The van der Waals surface area contributed by atoms with Crippen LogP contribution in [0.5, 0.6) is 11.5 Å². The van der Waals surface area contributed by atoms with Crippen molar-refractivity contribution in [2.75, 3.05) is 24.6 Å². The highest BCUT2D eigenvalue weighted by Crippen LogP contribution is 2.38. The molecule has 0 saturated heterocycles. The van der Waals surface area contributed by atoms with E-state index >= 15 is 0 Å². The van der Waals surface area contributed by atoms with Crippen molar-refractivity contribution < 1.29 is 23.9 Å². The molecule has 1 aliphatic rings. The molecule has 5 aromatic rings. The Bertz CT molecular complexity index is 1960. The fourth-order valence-electron chi connectivity index (χ4n) is 5.63. The van der Waals surface area contributed by atoms with Gasteiger partial charge < -0.3 is 14.4 Å². The first kappa shape index (κ1) is 33.9. The minimum absolute atomic E-state index is 0.0342. The molecule has 1 aliphatic carbocycles. The Hall–Kier alpha value is -5.00. The van der Waals surface area contributed by atoms with Gasteiger partial charge in [-0.3, -0.25) is 9.59 Å². The van der Waals surface area contributed by atoms with E-state index in [1.807, 2.05) is 30.3 Å². The molecule has 9 nitrogen and oxygen atoms in total. The molecule has 0 N–H and O–H groups in total. The third-order valence-electron chi connectivity index (χ3n) is 8.20. The summed E-state index contributed by atoms with van der Waals surface area (Å²) in [6.45, 7) is 8.84. The molecule has 0 atom stereocenters. The number of fused-ring (bicyclic) bond motifs is 2. The van der Waals surface area contributed by atoms with Crippen LogP contribution in [0.25, 0.3) is 15.6 Å². The highest BCUT2D eigenvalue weighted by atomic mass is 32.1. The predicted molar refractivity (Wildman–Crippen MR) is 195 cm³/mol. The number of azo groups is 1. The summed E-state index contributed by atoms with van der Waals surface area (Å²) in [5.41, 5.74) is 2.42. The maximum atomic E-state index is 13.7. The first-order valence-electron chi connectivity index (χ1n) is 16.4. The summed E-state index contributed by atoms with van der Waals surface area (Å²) in [6, 6.07) is 23.1. The standard InChI is InChI=1S/C38H36N4O5S2/c1-4-7-10-21-46-26-17-19-27(20-18-26)47-37(45)31(33-34(43)29-11-8-9-12-30(29)35(33)44)22-28-23-32-36(48-28)39-38(49-32)41-40-24-13-15-25(16-14-24)42(5-2)6-3/h8-9,11-20,22-23,33H,4-7,10,21H2,1-3H3/b31-22+,41-40?. The lowest BCUT2D eigenvalue weighted by molar-refractivity contribution is -0.130. The summed E-state index contributed by atoms with van der Waals surface area (Å²) < 4.78 is 12.3. The van der Waals surface area contributed by atoms with Crippen molar-refractivity contribution in [1.82, 2.24) is 4.98 Å². The molecule has 3 aromatic carbocycles. The number of Topliss-reactive ketones (excluding diaryl/α,β-unsaturated/α-hetero) is 2. The maximum absolute atomic E-state index is 13.7. The van der Waals surface area contributed by atoms with Crippen molar-refractivity contribution in [3.8, 4) is 11.5 Å². The average molecular weight is 693 g/mol. The van der Waals surface area contributed by atoms with E-state index in [4.69, 9.17) is 9.47 Å². The Morgan fingerprint density at radius 3 is 2.16 bits per heavy atom. The van der Waals surface area contributed by atoms with Crippen molar-refractivity contribution >= 4 is 72.3 Å². The minimum Gasteiger partial charge on any atom is -0.494 e. The molecule has 49 heavy (non-hydrogen) atoms. The van der Waals surface area contributed by atoms with Crippen LogP contribution < -0.4 is 14.4 Å². The lowest BCUT2D eigenvalue weighted by Gasteiger charge is -2.20. The monoisotopic (exact) mass is 692 g/mol. The second-order valence-electron chi connectivity index (χ2n) is 11.4. The van der Waals surface area contributed by atoms with Gasteiger partial charge in [0.2, 0.25) is 5.13 Å². The Morgan fingerprint density at radius 1 is 0.857 bits per heavy atom. The Morgan fingerprint density at radius 2 is 1.53 bits per heavy atom. The van der Waals surface area contributed by atoms with E-state index in [1.165, 1.54) is 22.7 Å². The molecule has 0 unspecified atom stereocenters. The summed E-state index contributed by atoms with van der Waals surface area (Å²) in [4.78, 5) is 49.0. The number of rotatable bonds is 14. The largest absolute Gasteiger partial charge is 0.494 e.